The minimum absolute atomic E-state index is 0.162. The highest BCUT2D eigenvalue weighted by Crippen LogP contribution is 2.37. The van der Waals surface area contributed by atoms with Crippen LogP contribution >= 0.6 is 11.3 Å². The topological polar surface area (TPSA) is 101 Å². The van der Waals surface area contributed by atoms with Gasteiger partial charge in [0.25, 0.3) is 5.69 Å². The zero-order valence-electron chi connectivity index (χ0n) is 17.4. The van der Waals surface area contributed by atoms with E-state index in [9.17, 15) is 10.1 Å². The molecule has 9 heteroatoms. The molecule has 0 amide bonds. The molecule has 8 nitrogen and oxygen atoms in total. The quantitative estimate of drug-likeness (QED) is 0.376. The molecule has 1 aliphatic heterocycles. The number of aryl methyl sites for hydroxylation is 2. The van der Waals surface area contributed by atoms with Crippen molar-refractivity contribution in [3.8, 4) is 0 Å². The number of nitrogens with zero attached hydrogens (tertiary/aromatic N) is 5. The summed E-state index contributed by atoms with van der Waals surface area (Å²) >= 11 is 1.78. The van der Waals surface area contributed by atoms with Crippen molar-refractivity contribution in [2.75, 3.05) is 36.8 Å². The third-order valence-electron chi connectivity index (χ3n) is 6.30. The maximum Gasteiger partial charge on any atom is 0.292 e. The Morgan fingerprint density at radius 3 is 2.65 bits per heavy atom. The molecule has 31 heavy (non-hydrogen) atoms. The van der Waals surface area contributed by atoms with Gasteiger partial charge in [-0.3, -0.25) is 15.0 Å². The molecule has 2 aromatic heterocycles. The van der Waals surface area contributed by atoms with E-state index in [0.29, 0.717) is 18.1 Å². The van der Waals surface area contributed by atoms with Crippen LogP contribution in [0.4, 0.5) is 17.2 Å². The molecule has 0 radical (unpaired) electrons. The largest absolute Gasteiger partial charge is 0.383 e. The van der Waals surface area contributed by atoms with E-state index in [1.54, 1.807) is 23.5 Å². The number of benzene rings is 1. The number of nitro groups is 1. The molecule has 3 aromatic rings. The van der Waals surface area contributed by atoms with Crippen molar-refractivity contribution in [2.24, 2.45) is 0 Å². The van der Waals surface area contributed by atoms with Crippen molar-refractivity contribution in [1.29, 1.82) is 0 Å². The van der Waals surface area contributed by atoms with Crippen molar-refractivity contribution in [3.63, 3.8) is 0 Å². The average molecular weight is 439 g/mol. The monoisotopic (exact) mass is 438 g/mol. The molecule has 2 N–H and O–H groups in total. The molecule has 162 valence electrons. The molecule has 1 fully saturated rings. The number of hydrogen-bond acceptors (Lipinski definition) is 8. The van der Waals surface area contributed by atoms with Gasteiger partial charge in [0.15, 0.2) is 0 Å². The SMILES string of the molecule is Nc1nc(CN2CCN(c3ccccc3[N+](=O)[O-])CC2)nc2sc3c(c12)CCCCC3. The maximum atomic E-state index is 11.3. The lowest BCUT2D eigenvalue weighted by Crippen LogP contribution is -2.46. The van der Waals surface area contributed by atoms with Crippen LogP contribution in [-0.2, 0) is 19.4 Å². The fraction of sp³-hybridized carbons (Fsp3) is 0.455. The van der Waals surface area contributed by atoms with Gasteiger partial charge in [-0.05, 0) is 37.3 Å². The van der Waals surface area contributed by atoms with Gasteiger partial charge in [-0.1, -0.05) is 18.6 Å². The predicted octanol–water partition coefficient (Wildman–Crippen LogP) is 3.77. The summed E-state index contributed by atoms with van der Waals surface area (Å²) in [4.78, 5) is 27.4. The summed E-state index contributed by atoms with van der Waals surface area (Å²) < 4.78 is 0. The molecule has 0 atom stereocenters. The number of thiophene rings is 1. The first-order valence-corrected chi connectivity index (χ1v) is 11.7. The third kappa shape index (κ3) is 3.95. The van der Waals surface area contributed by atoms with Crippen LogP contribution in [0.25, 0.3) is 10.2 Å². The molecule has 5 rings (SSSR count). The van der Waals surface area contributed by atoms with E-state index >= 15 is 0 Å². The van der Waals surface area contributed by atoms with Gasteiger partial charge in [-0.25, -0.2) is 9.97 Å². The fourth-order valence-corrected chi connectivity index (χ4v) is 6.00. The highest BCUT2D eigenvalue weighted by atomic mass is 32.1. The number of nitrogen functional groups attached to an aromatic ring is 1. The number of piperazine rings is 1. The van der Waals surface area contributed by atoms with Gasteiger partial charge in [-0.15, -0.1) is 11.3 Å². The van der Waals surface area contributed by atoms with Gasteiger partial charge < -0.3 is 10.6 Å². The second kappa shape index (κ2) is 8.39. The minimum Gasteiger partial charge on any atom is -0.383 e. The zero-order valence-corrected chi connectivity index (χ0v) is 18.2. The van der Waals surface area contributed by atoms with Crippen LogP contribution < -0.4 is 10.6 Å². The Kier molecular flexibility index (Phi) is 5.45. The molecule has 2 aliphatic rings. The number of nitrogens with two attached hydrogens (primary N) is 1. The summed E-state index contributed by atoms with van der Waals surface area (Å²) in [5.41, 5.74) is 8.62. The van der Waals surface area contributed by atoms with Crippen molar-refractivity contribution in [1.82, 2.24) is 14.9 Å². The van der Waals surface area contributed by atoms with Gasteiger partial charge >= 0.3 is 0 Å². The molecule has 0 saturated carbocycles. The normalized spacial score (nSPS) is 17.5. The lowest BCUT2D eigenvalue weighted by Gasteiger charge is -2.35. The zero-order chi connectivity index (χ0) is 21.4. The Balaban J connectivity index is 1.30. The Morgan fingerprint density at radius 2 is 1.84 bits per heavy atom. The fourth-order valence-electron chi connectivity index (χ4n) is 4.71. The summed E-state index contributed by atoms with van der Waals surface area (Å²) in [6.45, 7) is 3.71. The van der Waals surface area contributed by atoms with Gasteiger partial charge in [0.1, 0.15) is 22.2 Å². The molecule has 0 spiro atoms. The summed E-state index contributed by atoms with van der Waals surface area (Å²) in [6, 6.07) is 6.95. The summed E-state index contributed by atoms with van der Waals surface area (Å²) in [6.07, 6.45) is 5.93. The van der Waals surface area contributed by atoms with Crippen LogP contribution in [0.3, 0.4) is 0 Å². The number of anilines is 2. The number of rotatable bonds is 4. The van der Waals surface area contributed by atoms with E-state index in [2.05, 4.69) is 14.8 Å². The standard InChI is InChI=1S/C22H26N6O2S/c23-21-20-15-6-2-1-3-9-18(15)31-22(20)25-19(24-21)14-26-10-12-27(13-11-26)16-7-4-5-8-17(16)28(29)30/h4-5,7-8H,1-3,6,9-14H2,(H2,23,24,25). The lowest BCUT2D eigenvalue weighted by molar-refractivity contribution is -0.384. The summed E-state index contributed by atoms with van der Waals surface area (Å²) in [5, 5.41) is 12.4. The predicted molar refractivity (Wildman–Crippen MR) is 124 cm³/mol. The highest BCUT2D eigenvalue weighted by Gasteiger charge is 2.24. The Labute approximate surface area is 184 Å². The molecule has 1 aliphatic carbocycles. The Morgan fingerprint density at radius 1 is 1.06 bits per heavy atom. The summed E-state index contributed by atoms with van der Waals surface area (Å²) in [5.74, 6) is 1.37. The number of para-hydroxylation sites is 2. The van der Waals surface area contributed by atoms with Crippen molar-refractivity contribution in [3.05, 3.63) is 50.6 Å². The van der Waals surface area contributed by atoms with Gasteiger partial charge in [0, 0.05) is 37.1 Å². The van der Waals surface area contributed by atoms with Crippen LogP contribution in [0.5, 0.6) is 0 Å². The van der Waals surface area contributed by atoms with E-state index in [0.717, 1.165) is 55.1 Å². The lowest BCUT2D eigenvalue weighted by atomic mass is 10.1. The highest BCUT2D eigenvalue weighted by molar-refractivity contribution is 7.19. The van der Waals surface area contributed by atoms with Crippen LogP contribution in [0.1, 0.15) is 35.5 Å². The van der Waals surface area contributed by atoms with Crippen LogP contribution in [-0.4, -0.2) is 46.0 Å². The number of fused-ring (bicyclic) bond motifs is 3. The van der Waals surface area contributed by atoms with Crippen LogP contribution in [0.15, 0.2) is 24.3 Å². The van der Waals surface area contributed by atoms with E-state index in [1.165, 1.54) is 29.7 Å². The number of aromatic nitrogens is 2. The first-order valence-electron chi connectivity index (χ1n) is 10.9. The van der Waals surface area contributed by atoms with Gasteiger partial charge in [-0.2, -0.15) is 0 Å². The molecule has 3 heterocycles. The third-order valence-corrected chi connectivity index (χ3v) is 7.48. The van der Waals surface area contributed by atoms with E-state index in [-0.39, 0.29) is 10.6 Å². The molecular formula is C22H26N6O2S. The number of hydrogen-bond donors (Lipinski definition) is 1. The smallest absolute Gasteiger partial charge is 0.292 e. The van der Waals surface area contributed by atoms with Crippen molar-refractivity contribution < 1.29 is 4.92 Å². The molecule has 1 aromatic carbocycles. The molecular weight excluding hydrogens is 412 g/mol. The van der Waals surface area contributed by atoms with E-state index in [1.807, 2.05) is 12.1 Å². The van der Waals surface area contributed by atoms with Gasteiger partial charge in [0.05, 0.1) is 16.9 Å². The summed E-state index contributed by atoms with van der Waals surface area (Å²) in [7, 11) is 0. The van der Waals surface area contributed by atoms with E-state index in [4.69, 9.17) is 10.7 Å². The van der Waals surface area contributed by atoms with E-state index < -0.39 is 0 Å². The average Bonchev–Trinajstić information content (AvgIpc) is 2.96. The second-order valence-corrected chi connectivity index (χ2v) is 9.36. The van der Waals surface area contributed by atoms with Crippen LogP contribution in [0.2, 0.25) is 0 Å². The minimum atomic E-state index is -0.309. The molecule has 1 saturated heterocycles. The number of nitro benzene ring substituents is 1. The molecule has 0 bridgehead atoms. The first kappa shape index (κ1) is 20.1. The second-order valence-electron chi connectivity index (χ2n) is 8.28. The van der Waals surface area contributed by atoms with Gasteiger partial charge in [0.2, 0.25) is 0 Å². The van der Waals surface area contributed by atoms with Crippen molar-refractivity contribution >= 4 is 38.7 Å². The Bertz CT molecular complexity index is 1120. The molecule has 0 unspecified atom stereocenters. The van der Waals surface area contributed by atoms with Crippen LogP contribution in [0, 0.1) is 10.1 Å². The maximum absolute atomic E-state index is 11.3. The first-order chi connectivity index (χ1) is 15.1. The van der Waals surface area contributed by atoms with Crippen molar-refractivity contribution in [2.45, 2.75) is 38.6 Å². The Hall–Kier alpha value is -2.78.